The highest BCUT2D eigenvalue weighted by atomic mass is 15.3. The molecule has 0 bridgehead atoms. The predicted octanol–water partition coefficient (Wildman–Crippen LogP) is 2.74. The van der Waals surface area contributed by atoms with Crippen molar-refractivity contribution >= 4 is 0 Å². The maximum absolute atomic E-state index is 4.30. The summed E-state index contributed by atoms with van der Waals surface area (Å²) >= 11 is 0. The van der Waals surface area contributed by atoms with E-state index >= 15 is 0 Å². The highest BCUT2D eigenvalue weighted by Crippen LogP contribution is 2.22. The van der Waals surface area contributed by atoms with E-state index in [-0.39, 0.29) is 0 Å². The van der Waals surface area contributed by atoms with Crippen molar-refractivity contribution in [3.8, 4) is 0 Å². The highest BCUT2D eigenvalue weighted by molar-refractivity contribution is 5.20. The second kappa shape index (κ2) is 6.48. The lowest BCUT2D eigenvalue weighted by Gasteiger charge is -2.17. The molecule has 1 atom stereocenters. The quantitative estimate of drug-likeness (QED) is 0.567. The van der Waals surface area contributed by atoms with Crippen molar-refractivity contribution in [3.63, 3.8) is 0 Å². The molecular weight excluding hydrogens is 198 g/mol. The number of rotatable bonds is 7. The van der Waals surface area contributed by atoms with Crippen molar-refractivity contribution in [2.24, 2.45) is 7.05 Å². The van der Waals surface area contributed by atoms with Crippen LogP contribution in [0.15, 0.2) is 18.9 Å². The van der Waals surface area contributed by atoms with E-state index in [1.807, 2.05) is 24.0 Å². The molecule has 1 rings (SSSR count). The van der Waals surface area contributed by atoms with Gasteiger partial charge in [0.15, 0.2) is 0 Å². The topological polar surface area (TPSA) is 29.9 Å². The first-order valence-corrected chi connectivity index (χ1v) is 6.03. The summed E-state index contributed by atoms with van der Waals surface area (Å²) in [5.41, 5.74) is 2.58. The smallest absolute Gasteiger partial charge is 0.0540 e. The summed E-state index contributed by atoms with van der Waals surface area (Å²) in [6, 6.07) is 0.429. The van der Waals surface area contributed by atoms with Crippen LogP contribution in [0.25, 0.3) is 0 Å². The Kier molecular flexibility index (Phi) is 5.26. The molecule has 1 aromatic rings. The first-order chi connectivity index (χ1) is 7.70. The Hall–Kier alpha value is -1.09. The molecule has 0 saturated carbocycles. The maximum atomic E-state index is 4.30. The predicted molar refractivity (Wildman–Crippen MR) is 68.4 cm³/mol. The third-order valence-corrected chi connectivity index (χ3v) is 3.00. The number of nitrogens with one attached hydrogen (secondary N) is 1. The van der Waals surface area contributed by atoms with Gasteiger partial charge in [-0.25, -0.2) is 0 Å². The van der Waals surface area contributed by atoms with Crippen molar-refractivity contribution in [3.05, 3.63) is 30.1 Å². The van der Waals surface area contributed by atoms with Gasteiger partial charge < -0.3 is 5.32 Å². The van der Waals surface area contributed by atoms with Crippen LogP contribution in [-0.4, -0.2) is 16.3 Å². The molecule has 3 heteroatoms. The first kappa shape index (κ1) is 13.0. The summed E-state index contributed by atoms with van der Waals surface area (Å²) in [6.45, 7) is 9.02. The largest absolute Gasteiger partial charge is 0.310 e. The van der Waals surface area contributed by atoms with Gasteiger partial charge >= 0.3 is 0 Å². The number of hydrogen-bond donors (Lipinski definition) is 1. The van der Waals surface area contributed by atoms with E-state index in [0.29, 0.717) is 6.04 Å². The number of nitrogens with zero attached hydrogens (tertiary/aromatic N) is 2. The number of unbranched alkanes of at least 4 members (excludes halogenated alkanes) is 1. The number of aromatic nitrogens is 2. The van der Waals surface area contributed by atoms with Crippen molar-refractivity contribution in [2.75, 3.05) is 6.54 Å². The van der Waals surface area contributed by atoms with Crippen LogP contribution in [0.3, 0.4) is 0 Å². The van der Waals surface area contributed by atoms with Gasteiger partial charge in [-0.05, 0) is 32.7 Å². The van der Waals surface area contributed by atoms with Crippen molar-refractivity contribution < 1.29 is 0 Å². The van der Waals surface area contributed by atoms with E-state index < -0.39 is 0 Å². The van der Waals surface area contributed by atoms with Gasteiger partial charge in [-0.3, -0.25) is 4.68 Å². The van der Waals surface area contributed by atoms with Gasteiger partial charge in [0.05, 0.1) is 6.20 Å². The molecule has 1 unspecified atom stereocenters. The molecular formula is C13H23N3. The van der Waals surface area contributed by atoms with Gasteiger partial charge in [0.25, 0.3) is 0 Å². The minimum absolute atomic E-state index is 0.429. The van der Waals surface area contributed by atoms with E-state index in [4.69, 9.17) is 0 Å². The molecule has 0 aliphatic rings. The summed E-state index contributed by atoms with van der Waals surface area (Å²) in [5.74, 6) is 0. The molecule has 90 valence electrons. The van der Waals surface area contributed by atoms with Crippen LogP contribution in [0, 0.1) is 6.92 Å². The molecule has 0 spiro atoms. The second-order valence-electron chi connectivity index (χ2n) is 4.14. The third kappa shape index (κ3) is 3.20. The number of aryl methyl sites for hydroxylation is 1. The van der Waals surface area contributed by atoms with E-state index in [1.54, 1.807) is 0 Å². The fraction of sp³-hybridized carbons (Fsp3) is 0.615. The van der Waals surface area contributed by atoms with Crippen molar-refractivity contribution in [2.45, 2.75) is 39.2 Å². The molecule has 0 aromatic carbocycles. The van der Waals surface area contributed by atoms with Crippen molar-refractivity contribution in [1.29, 1.82) is 0 Å². The van der Waals surface area contributed by atoms with Crippen LogP contribution in [0.1, 0.15) is 43.5 Å². The maximum Gasteiger partial charge on any atom is 0.0540 e. The van der Waals surface area contributed by atoms with Crippen LogP contribution in [0.4, 0.5) is 0 Å². The molecule has 0 radical (unpaired) electrons. The Labute approximate surface area is 98.5 Å². The Morgan fingerprint density at radius 2 is 2.38 bits per heavy atom. The summed E-state index contributed by atoms with van der Waals surface area (Å²) in [5, 5.41) is 7.83. The fourth-order valence-electron chi connectivity index (χ4n) is 1.94. The zero-order chi connectivity index (χ0) is 12.0. The molecule has 1 N–H and O–H groups in total. The van der Waals surface area contributed by atoms with E-state index in [0.717, 1.165) is 19.4 Å². The van der Waals surface area contributed by atoms with Crippen LogP contribution < -0.4 is 5.32 Å². The van der Waals surface area contributed by atoms with Gasteiger partial charge in [0, 0.05) is 24.3 Å². The van der Waals surface area contributed by atoms with E-state index in [9.17, 15) is 0 Å². The Bertz CT molecular complexity index is 328. The molecule has 1 aromatic heterocycles. The molecule has 16 heavy (non-hydrogen) atoms. The standard InChI is InChI=1S/C13H23N3/c1-5-7-8-9-13(14-6-2)12-10-15-16(4)11(12)3/h5,10,13-14H,1,6-9H2,2-4H3. The molecule has 3 nitrogen and oxygen atoms in total. The molecule has 0 saturated heterocycles. The Morgan fingerprint density at radius 1 is 1.62 bits per heavy atom. The molecule has 0 fully saturated rings. The minimum atomic E-state index is 0.429. The van der Waals surface area contributed by atoms with Gasteiger partial charge in [-0.2, -0.15) is 5.10 Å². The van der Waals surface area contributed by atoms with Crippen LogP contribution in [0.5, 0.6) is 0 Å². The van der Waals surface area contributed by atoms with Gasteiger partial charge in [0.1, 0.15) is 0 Å². The zero-order valence-electron chi connectivity index (χ0n) is 10.7. The third-order valence-electron chi connectivity index (χ3n) is 3.00. The average Bonchev–Trinajstić information content (AvgIpc) is 2.59. The fourth-order valence-corrected chi connectivity index (χ4v) is 1.94. The van der Waals surface area contributed by atoms with E-state index in [2.05, 4.69) is 30.8 Å². The molecule has 0 aliphatic heterocycles. The minimum Gasteiger partial charge on any atom is -0.310 e. The summed E-state index contributed by atoms with van der Waals surface area (Å²) in [6.07, 6.45) is 7.37. The summed E-state index contributed by atoms with van der Waals surface area (Å²) in [7, 11) is 1.99. The van der Waals surface area contributed by atoms with Gasteiger partial charge in [-0.1, -0.05) is 13.0 Å². The zero-order valence-corrected chi connectivity index (χ0v) is 10.7. The van der Waals surface area contributed by atoms with Gasteiger partial charge in [-0.15, -0.1) is 6.58 Å². The van der Waals surface area contributed by atoms with Crippen LogP contribution >= 0.6 is 0 Å². The summed E-state index contributed by atoms with van der Waals surface area (Å²) in [4.78, 5) is 0. The van der Waals surface area contributed by atoms with Crippen LogP contribution in [-0.2, 0) is 7.05 Å². The van der Waals surface area contributed by atoms with Gasteiger partial charge in [0.2, 0.25) is 0 Å². The molecule has 0 amide bonds. The highest BCUT2D eigenvalue weighted by Gasteiger charge is 2.14. The second-order valence-corrected chi connectivity index (χ2v) is 4.14. The normalized spacial score (nSPS) is 12.7. The SMILES string of the molecule is C=CCCCC(NCC)c1cnn(C)c1C. The molecule has 1 heterocycles. The Balaban J connectivity index is 2.68. The van der Waals surface area contributed by atoms with Crippen LogP contribution in [0.2, 0.25) is 0 Å². The Morgan fingerprint density at radius 3 is 2.88 bits per heavy atom. The lowest BCUT2D eigenvalue weighted by Crippen LogP contribution is -2.21. The summed E-state index contributed by atoms with van der Waals surface area (Å²) < 4.78 is 1.94. The van der Waals surface area contributed by atoms with Crippen molar-refractivity contribution in [1.82, 2.24) is 15.1 Å². The first-order valence-electron chi connectivity index (χ1n) is 6.03. The number of allylic oxidation sites excluding steroid dienone is 1. The average molecular weight is 221 g/mol. The molecule has 0 aliphatic carbocycles. The number of hydrogen-bond acceptors (Lipinski definition) is 2. The lowest BCUT2D eigenvalue weighted by molar-refractivity contribution is 0.497. The lowest BCUT2D eigenvalue weighted by atomic mass is 10.0. The monoisotopic (exact) mass is 221 g/mol. The van der Waals surface area contributed by atoms with E-state index in [1.165, 1.54) is 17.7 Å².